The number of hydrogen-bond acceptors (Lipinski definition) is 3. The summed E-state index contributed by atoms with van der Waals surface area (Å²) in [5.74, 6) is -5.64. The Bertz CT molecular complexity index is 291. The van der Waals surface area contributed by atoms with E-state index in [1.165, 1.54) is 0 Å². The van der Waals surface area contributed by atoms with Gasteiger partial charge in [0.2, 0.25) is 5.92 Å². The molecule has 4 nitrogen and oxygen atoms in total. The summed E-state index contributed by atoms with van der Waals surface area (Å²) in [6.07, 6.45) is -0.0258. The zero-order chi connectivity index (χ0) is 12.4. The Balaban J connectivity index is 2.43. The van der Waals surface area contributed by atoms with Crippen LogP contribution in [0.25, 0.3) is 0 Å². The van der Waals surface area contributed by atoms with Crippen LogP contribution in [0.5, 0.6) is 0 Å². The summed E-state index contributed by atoms with van der Waals surface area (Å²) in [6.45, 7) is 1.60. The minimum Gasteiger partial charge on any atom is -0.473 e. The number of carbonyl (C=O) groups is 2. The molecule has 1 saturated carbocycles. The SMILES string of the molecule is CC1(COC(=O)C(=O)O)CCC(F)(F)CC1. The van der Waals surface area contributed by atoms with Gasteiger partial charge in [-0.1, -0.05) is 6.92 Å². The van der Waals surface area contributed by atoms with Crippen LogP contribution in [0.3, 0.4) is 0 Å². The molecule has 1 fully saturated rings. The van der Waals surface area contributed by atoms with Crippen LogP contribution in [0, 0.1) is 5.41 Å². The molecule has 0 atom stereocenters. The van der Waals surface area contributed by atoms with Crippen molar-refractivity contribution in [3.05, 3.63) is 0 Å². The Morgan fingerprint density at radius 1 is 1.25 bits per heavy atom. The van der Waals surface area contributed by atoms with Gasteiger partial charge < -0.3 is 9.84 Å². The molecule has 0 amide bonds. The minimum absolute atomic E-state index is 0.117. The van der Waals surface area contributed by atoms with Crippen LogP contribution in [-0.2, 0) is 14.3 Å². The van der Waals surface area contributed by atoms with E-state index in [9.17, 15) is 18.4 Å². The molecule has 0 spiro atoms. The third-order valence-electron chi connectivity index (χ3n) is 2.91. The van der Waals surface area contributed by atoms with Gasteiger partial charge in [0, 0.05) is 18.3 Å². The van der Waals surface area contributed by atoms with Crippen molar-refractivity contribution in [1.82, 2.24) is 0 Å². The summed E-state index contributed by atoms with van der Waals surface area (Å²) in [5, 5.41) is 8.28. The predicted molar refractivity (Wildman–Crippen MR) is 50.1 cm³/mol. The van der Waals surface area contributed by atoms with E-state index in [-0.39, 0.29) is 32.3 Å². The maximum Gasteiger partial charge on any atom is 0.417 e. The maximum atomic E-state index is 12.9. The number of carboxylic acids is 1. The Labute approximate surface area is 91.6 Å². The van der Waals surface area contributed by atoms with Crippen LogP contribution in [0.2, 0.25) is 0 Å². The Hall–Kier alpha value is -1.20. The average Bonchev–Trinajstić information content (AvgIpc) is 2.20. The first-order valence-corrected chi connectivity index (χ1v) is 5.02. The van der Waals surface area contributed by atoms with Crippen LogP contribution in [0.1, 0.15) is 32.6 Å². The van der Waals surface area contributed by atoms with Crippen LogP contribution >= 0.6 is 0 Å². The molecule has 0 bridgehead atoms. The second kappa shape index (κ2) is 4.35. The summed E-state index contributed by atoms with van der Waals surface area (Å²) in [7, 11) is 0. The first kappa shape index (κ1) is 12.9. The lowest BCUT2D eigenvalue weighted by atomic mass is 9.75. The number of aliphatic carboxylic acids is 1. The first-order valence-electron chi connectivity index (χ1n) is 5.02. The van der Waals surface area contributed by atoms with Gasteiger partial charge >= 0.3 is 11.9 Å². The highest BCUT2D eigenvalue weighted by Crippen LogP contribution is 2.43. The van der Waals surface area contributed by atoms with Gasteiger partial charge in [0.15, 0.2) is 0 Å². The molecule has 6 heteroatoms. The van der Waals surface area contributed by atoms with Crippen molar-refractivity contribution < 1.29 is 28.2 Å². The van der Waals surface area contributed by atoms with Gasteiger partial charge in [-0.05, 0) is 12.8 Å². The van der Waals surface area contributed by atoms with E-state index in [1.54, 1.807) is 6.92 Å². The van der Waals surface area contributed by atoms with Crippen molar-refractivity contribution in [2.24, 2.45) is 5.41 Å². The molecular weight excluding hydrogens is 222 g/mol. The first-order chi connectivity index (χ1) is 7.24. The maximum absolute atomic E-state index is 12.9. The number of rotatable bonds is 2. The molecule has 0 aromatic rings. The van der Waals surface area contributed by atoms with Crippen molar-refractivity contribution >= 4 is 11.9 Å². The largest absolute Gasteiger partial charge is 0.473 e. The van der Waals surface area contributed by atoms with Gasteiger partial charge in [0.05, 0.1) is 6.61 Å². The highest BCUT2D eigenvalue weighted by molar-refractivity contribution is 6.28. The molecular formula is C10H14F2O4. The number of halogens is 2. The molecule has 0 aromatic heterocycles. The van der Waals surface area contributed by atoms with E-state index >= 15 is 0 Å². The van der Waals surface area contributed by atoms with E-state index < -0.39 is 23.3 Å². The molecule has 0 aromatic carbocycles. The van der Waals surface area contributed by atoms with Crippen LogP contribution in [-0.4, -0.2) is 29.6 Å². The smallest absolute Gasteiger partial charge is 0.417 e. The normalized spacial score (nSPS) is 22.4. The Morgan fingerprint density at radius 2 is 1.75 bits per heavy atom. The second-order valence-electron chi connectivity index (χ2n) is 4.55. The molecule has 1 aliphatic rings. The van der Waals surface area contributed by atoms with E-state index in [1.807, 2.05) is 0 Å². The molecule has 1 rings (SSSR count). The topological polar surface area (TPSA) is 63.6 Å². The number of carbonyl (C=O) groups excluding carboxylic acids is 1. The van der Waals surface area contributed by atoms with Crippen molar-refractivity contribution in [3.63, 3.8) is 0 Å². The number of esters is 1. The quantitative estimate of drug-likeness (QED) is 0.586. The van der Waals surface area contributed by atoms with E-state index in [2.05, 4.69) is 4.74 Å². The number of carboxylic acid groups (broad SMARTS) is 1. The van der Waals surface area contributed by atoms with Gasteiger partial charge in [0.25, 0.3) is 0 Å². The van der Waals surface area contributed by atoms with Gasteiger partial charge in [-0.25, -0.2) is 18.4 Å². The lowest BCUT2D eigenvalue weighted by Gasteiger charge is -2.36. The lowest BCUT2D eigenvalue weighted by molar-refractivity contribution is -0.167. The van der Waals surface area contributed by atoms with Crippen molar-refractivity contribution in [3.8, 4) is 0 Å². The highest BCUT2D eigenvalue weighted by atomic mass is 19.3. The predicted octanol–water partition coefficient (Wildman–Crippen LogP) is 1.83. The number of ether oxygens (including phenoxy) is 1. The molecule has 0 unspecified atom stereocenters. The molecule has 0 heterocycles. The summed E-state index contributed by atoms with van der Waals surface area (Å²) < 4.78 is 30.3. The van der Waals surface area contributed by atoms with Crippen molar-refractivity contribution in [2.45, 2.75) is 38.5 Å². The van der Waals surface area contributed by atoms with Crippen molar-refractivity contribution in [1.29, 1.82) is 0 Å². The van der Waals surface area contributed by atoms with Gasteiger partial charge in [0.1, 0.15) is 0 Å². The van der Waals surface area contributed by atoms with Gasteiger partial charge in [-0.3, -0.25) is 0 Å². The van der Waals surface area contributed by atoms with E-state index in [4.69, 9.17) is 5.11 Å². The zero-order valence-electron chi connectivity index (χ0n) is 8.96. The van der Waals surface area contributed by atoms with Gasteiger partial charge in [-0.15, -0.1) is 0 Å². The average molecular weight is 236 g/mol. The molecule has 1 N–H and O–H groups in total. The number of hydrogen-bond donors (Lipinski definition) is 1. The summed E-state index contributed by atoms with van der Waals surface area (Å²) in [5.41, 5.74) is -0.535. The van der Waals surface area contributed by atoms with Crippen molar-refractivity contribution in [2.75, 3.05) is 6.61 Å². The summed E-state index contributed by atoms with van der Waals surface area (Å²) in [4.78, 5) is 20.9. The fourth-order valence-electron chi connectivity index (χ4n) is 1.67. The fraction of sp³-hybridized carbons (Fsp3) is 0.800. The lowest BCUT2D eigenvalue weighted by Crippen LogP contribution is -2.35. The molecule has 92 valence electrons. The zero-order valence-corrected chi connectivity index (χ0v) is 8.96. The highest BCUT2D eigenvalue weighted by Gasteiger charge is 2.41. The molecule has 0 saturated heterocycles. The molecule has 1 aliphatic carbocycles. The Kier molecular flexibility index (Phi) is 3.50. The second-order valence-corrected chi connectivity index (χ2v) is 4.55. The summed E-state index contributed by atoms with van der Waals surface area (Å²) >= 11 is 0. The third-order valence-corrected chi connectivity index (χ3v) is 2.91. The van der Waals surface area contributed by atoms with Crippen LogP contribution in [0.4, 0.5) is 8.78 Å². The molecule has 0 aliphatic heterocycles. The summed E-state index contributed by atoms with van der Waals surface area (Å²) in [6, 6.07) is 0. The van der Waals surface area contributed by atoms with E-state index in [0.29, 0.717) is 0 Å². The number of alkyl halides is 2. The standard InChI is InChI=1S/C10H14F2O4/c1-9(6-16-8(15)7(13)14)2-4-10(11,12)5-3-9/h2-6H2,1H3,(H,13,14). The van der Waals surface area contributed by atoms with Gasteiger partial charge in [-0.2, -0.15) is 0 Å². The van der Waals surface area contributed by atoms with Crippen LogP contribution in [0.15, 0.2) is 0 Å². The Morgan fingerprint density at radius 3 is 2.19 bits per heavy atom. The molecule has 0 radical (unpaired) electrons. The molecule has 16 heavy (non-hydrogen) atoms. The monoisotopic (exact) mass is 236 g/mol. The van der Waals surface area contributed by atoms with E-state index in [0.717, 1.165) is 0 Å². The fourth-order valence-corrected chi connectivity index (χ4v) is 1.67. The third kappa shape index (κ3) is 3.43. The van der Waals surface area contributed by atoms with Crippen LogP contribution < -0.4 is 0 Å². The minimum atomic E-state index is -2.64.